The van der Waals surface area contributed by atoms with Gasteiger partial charge in [0.05, 0.1) is 17.8 Å². The molecule has 5 heteroatoms. The van der Waals surface area contributed by atoms with Crippen LogP contribution in [-0.2, 0) is 0 Å². The van der Waals surface area contributed by atoms with Crippen molar-refractivity contribution in [2.75, 3.05) is 7.11 Å². The summed E-state index contributed by atoms with van der Waals surface area (Å²) in [5.41, 5.74) is 6.62. The van der Waals surface area contributed by atoms with E-state index in [0.717, 1.165) is 27.9 Å². The summed E-state index contributed by atoms with van der Waals surface area (Å²) in [6.07, 6.45) is 1.76. The molecular weight excluding hydrogens is 372 g/mol. The molecule has 3 aromatic carbocycles. The molecule has 1 heterocycles. The molecule has 4 aromatic rings. The summed E-state index contributed by atoms with van der Waals surface area (Å²) in [4.78, 5) is 9.15. The first kappa shape index (κ1) is 18.3. The largest absolute Gasteiger partial charge is 0.495 e. The van der Waals surface area contributed by atoms with Crippen LogP contribution in [0.3, 0.4) is 0 Å². The Bertz CT molecular complexity index is 1190. The molecular formula is C23H19ClN2O2. The first-order valence-electron chi connectivity index (χ1n) is 8.89. The van der Waals surface area contributed by atoms with Gasteiger partial charge in [-0.2, -0.15) is 0 Å². The van der Waals surface area contributed by atoms with Gasteiger partial charge in [-0.25, -0.2) is 4.98 Å². The van der Waals surface area contributed by atoms with Crippen molar-refractivity contribution in [2.24, 2.45) is 4.99 Å². The molecule has 0 radical (unpaired) electrons. The summed E-state index contributed by atoms with van der Waals surface area (Å²) < 4.78 is 11.1. The quantitative estimate of drug-likeness (QED) is 0.372. The van der Waals surface area contributed by atoms with Crippen LogP contribution < -0.4 is 4.74 Å². The molecule has 0 unspecified atom stereocenters. The number of fused-ring (bicyclic) bond motifs is 1. The Labute approximate surface area is 168 Å². The second-order valence-electron chi connectivity index (χ2n) is 6.62. The van der Waals surface area contributed by atoms with Crippen LogP contribution >= 0.6 is 11.6 Å². The summed E-state index contributed by atoms with van der Waals surface area (Å²) in [5, 5.41) is 0.552. The fourth-order valence-corrected chi connectivity index (χ4v) is 3.17. The molecule has 28 heavy (non-hydrogen) atoms. The minimum atomic E-state index is 0.552. The molecule has 0 saturated heterocycles. The van der Waals surface area contributed by atoms with Crippen LogP contribution in [0.25, 0.3) is 22.6 Å². The van der Waals surface area contributed by atoms with E-state index in [9.17, 15) is 0 Å². The topological polar surface area (TPSA) is 47.6 Å². The minimum Gasteiger partial charge on any atom is -0.495 e. The highest BCUT2D eigenvalue weighted by Gasteiger charge is 2.09. The number of aliphatic imine (C=N–C) groups is 1. The third-order valence-corrected chi connectivity index (χ3v) is 4.96. The second kappa shape index (κ2) is 7.49. The zero-order chi connectivity index (χ0) is 19.7. The number of hydrogen-bond donors (Lipinski definition) is 0. The number of oxazole rings is 1. The molecule has 0 bridgehead atoms. The Morgan fingerprint density at radius 1 is 1.00 bits per heavy atom. The Hall–Kier alpha value is -3.11. The van der Waals surface area contributed by atoms with Gasteiger partial charge in [0.1, 0.15) is 11.3 Å². The van der Waals surface area contributed by atoms with Crippen molar-refractivity contribution in [1.29, 1.82) is 0 Å². The van der Waals surface area contributed by atoms with E-state index in [2.05, 4.69) is 36.0 Å². The zero-order valence-corrected chi connectivity index (χ0v) is 16.6. The van der Waals surface area contributed by atoms with Gasteiger partial charge in [-0.05, 0) is 79.1 Å². The van der Waals surface area contributed by atoms with E-state index in [1.165, 1.54) is 11.1 Å². The first-order chi connectivity index (χ1) is 13.5. The highest BCUT2D eigenvalue weighted by atomic mass is 35.5. The number of aromatic nitrogens is 1. The van der Waals surface area contributed by atoms with Crippen LogP contribution in [0.5, 0.6) is 5.75 Å². The number of aryl methyl sites for hydroxylation is 2. The van der Waals surface area contributed by atoms with E-state index in [1.807, 2.05) is 42.5 Å². The standard InChI is InChI=1S/C23H19ClN2O2/c1-14-4-6-17(10-15(14)2)23-26-20-12-18(7-9-22(20)28-23)25-13-16-5-8-21(27-3)19(24)11-16/h4-13H,1-3H3. The van der Waals surface area contributed by atoms with Gasteiger partial charge < -0.3 is 9.15 Å². The van der Waals surface area contributed by atoms with E-state index >= 15 is 0 Å². The fourth-order valence-electron chi connectivity index (χ4n) is 2.91. The third-order valence-electron chi connectivity index (χ3n) is 4.66. The Kier molecular flexibility index (Phi) is 4.88. The molecule has 1 aromatic heterocycles. The molecule has 0 spiro atoms. The maximum atomic E-state index is 6.16. The SMILES string of the molecule is COc1ccc(C=Nc2ccc3oc(-c4ccc(C)c(C)c4)nc3c2)cc1Cl. The van der Waals surface area contributed by atoms with Crippen molar-refractivity contribution in [1.82, 2.24) is 4.98 Å². The number of hydrogen-bond acceptors (Lipinski definition) is 4. The van der Waals surface area contributed by atoms with E-state index in [0.29, 0.717) is 16.7 Å². The number of ether oxygens (including phenoxy) is 1. The van der Waals surface area contributed by atoms with Gasteiger partial charge in [-0.3, -0.25) is 4.99 Å². The summed E-state index contributed by atoms with van der Waals surface area (Å²) in [6, 6.07) is 17.4. The van der Waals surface area contributed by atoms with Crippen LogP contribution in [0.2, 0.25) is 5.02 Å². The monoisotopic (exact) mass is 390 g/mol. The molecule has 0 aliphatic heterocycles. The third kappa shape index (κ3) is 3.64. The maximum Gasteiger partial charge on any atom is 0.227 e. The number of halogens is 1. The van der Waals surface area contributed by atoms with E-state index in [4.69, 9.17) is 20.8 Å². The number of nitrogens with zero attached hydrogens (tertiary/aromatic N) is 2. The predicted octanol–water partition coefficient (Wildman–Crippen LogP) is 6.52. The number of rotatable bonds is 4. The zero-order valence-electron chi connectivity index (χ0n) is 15.9. The summed E-state index contributed by atoms with van der Waals surface area (Å²) in [7, 11) is 1.59. The Morgan fingerprint density at radius 2 is 1.86 bits per heavy atom. The van der Waals surface area contributed by atoms with E-state index < -0.39 is 0 Å². The number of benzene rings is 3. The molecule has 0 N–H and O–H groups in total. The molecule has 140 valence electrons. The van der Waals surface area contributed by atoms with Crippen molar-refractivity contribution in [3.63, 3.8) is 0 Å². The predicted molar refractivity (Wildman–Crippen MR) is 114 cm³/mol. The van der Waals surface area contributed by atoms with Crippen molar-refractivity contribution in [3.8, 4) is 17.2 Å². The average molecular weight is 391 g/mol. The van der Waals surface area contributed by atoms with E-state index in [1.54, 1.807) is 13.3 Å². The lowest BCUT2D eigenvalue weighted by molar-refractivity contribution is 0.415. The summed E-state index contributed by atoms with van der Waals surface area (Å²) >= 11 is 6.16. The van der Waals surface area contributed by atoms with Gasteiger partial charge in [0.2, 0.25) is 5.89 Å². The van der Waals surface area contributed by atoms with Crippen LogP contribution in [-0.4, -0.2) is 18.3 Å². The second-order valence-corrected chi connectivity index (χ2v) is 7.03. The van der Waals surface area contributed by atoms with Crippen LogP contribution in [0.1, 0.15) is 16.7 Å². The average Bonchev–Trinajstić information content (AvgIpc) is 3.12. The van der Waals surface area contributed by atoms with E-state index in [-0.39, 0.29) is 0 Å². The van der Waals surface area contributed by atoms with Crippen molar-refractivity contribution in [3.05, 3.63) is 76.3 Å². The summed E-state index contributed by atoms with van der Waals surface area (Å²) in [6.45, 7) is 4.17. The van der Waals surface area contributed by atoms with Gasteiger partial charge >= 0.3 is 0 Å². The Balaban J connectivity index is 1.62. The molecule has 0 atom stereocenters. The van der Waals surface area contributed by atoms with Crippen molar-refractivity contribution >= 4 is 34.6 Å². The van der Waals surface area contributed by atoms with Gasteiger partial charge in [-0.15, -0.1) is 0 Å². The molecule has 4 nitrogen and oxygen atoms in total. The summed E-state index contributed by atoms with van der Waals surface area (Å²) in [5.74, 6) is 1.25. The van der Waals surface area contributed by atoms with Crippen molar-refractivity contribution < 1.29 is 9.15 Å². The molecule has 0 aliphatic carbocycles. The van der Waals surface area contributed by atoms with Crippen LogP contribution in [0.15, 0.2) is 64.0 Å². The van der Waals surface area contributed by atoms with Gasteiger partial charge in [-0.1, -0.05) is 17.7 Å². The molecule has 0 aliphatic rings. The Morgan fingerprint density at radius 3 is 2.61 bits per heavy atom. The number of methoxy groups -OCH3 is 1. The first-order valence-corrected chi connectivity index (χ1v) is 9.27. The fraction of sp³-hybridized carbons (Fsp3) is 0.130. The van der Waals surface area contributed by atoms with Crippen LogP contribution in [0.4, 0.5) is 5.69 Å². The van der Waals surface area contributed by atoms with Crippen molar-refractivity contribution in [2.45, 2.75) is 13.8 Å². The molecule has 0 fully saturated rings. The van der Waals surface area contributed by atoms with Gasteiger partial charge in [0.25, 0.3) is 0 Å². The minimum absolute atomic E-state index is 0.552. The molecule has 0 saturated carbocycles. The van der Waals surface area contributed by atoms with Crippen LogP contribution in [0, 0.1) is 13.8 Å². The highest BCUT2D eigenvalue weighted by Crippen LogP contribution is 2.29. The normalized spacial score (nSPS) is 11.4. The van der Waals surface area contributed by atoms with Gasteiger partial charge in [0, 0.05) is 11.8 Å². The lowest BCUT2D eigenvalue weighted by Gasteiger charge is -2.02. The smallest absolute Gasteiger partial charge is 0.227 e. The molecule has 4 rings (SSSR count). The van der Waals surface area contributed by atoms with Gasteiger partial charge in [0.15, 0.2) is 5.58 Å². The lowest BCUT2D eigenvalue weighted by atomic mass is 10.1. The highest BCUT2D eigenvalue weighted by molar-refractivity contribution is 6.32. The maximum absolute atomic E-state index is 6.16. The lowest BCUT2D eigenvalue weighted by Crippen LogP contribution is -1.86. The molecule has 0 amide bonds.